The van der Waals surface area contributed by atoms with Crippen LogP contribution in [0.25, 0.3) is 0 Å². The van der Waals surface area contributed by atoms with Gasteiger partial charge in [0.25, 0.3) is 0 Å². The lowest BCUT2D eigenvalue weighted by Crippen LogP contribution is -2.20. The van der Waals surface area contributed by atoms with Crippen LogP contribution >= 0.6 is 22.9 Å². The summed E-state index contributed by atoms with van der Waals surface area (Å²) in [7, 11) is 0. The number of rotatable bonds is 7. The Morgan fingerprint density at radius 3 is 2.54 bits per heavy atom. The van der Waals surface area contributed by atoms with Crippen molar-refractivity contribution in [2.75, 3.05) is 11.4 Å². The summed E-state index contributed by atoms with van der Waals surface area (Å²) >= 11 is 8.12. The molecule has 0 bridgehead atoms. The summed E-state index contributed by atoms with van der Waals surface area (Å²) in [5.41, 5.74) is 6.79. The molecule has 0 radical (unpaired) electrons. The molecule has 6 heteroatoms. The van der Waals surface area contributed by atoms with Crippen LogP contribution in [0.1, 0.15) is 22.8 Å². The van der Waals surface area contributed by atoms with Crippen LogP contribution in [0, 0.1) is 0 Å². The molecule has 2 aromatic carbocycles. The molecule has 0 unspecified atom stereocenters. The van der Waals surface area contributed by atoms with Crippen molar-refractivity contribution in [2.45, 2.75) is 13.5 Å². The summed E-state index contributed by atoms with van der Waals surface area (Å²) in [4.78, 5) is 13.4. The second-order valence-corrected chi connectivity index (χ2v) is 7.05. The van der Waals surface area contributed by atoms with E-state index in [0.29, 0.717) is 22.1 Å². The number of hydrogen-bond donors (Lipinski definition) is 1. The summed E-state index contributed by atoms with van der Waals surface area (Å²) in [5.74, 6) is 0.699. The largest absolute Gasteiger partial charge is 0.456 e. The minimum Gasteiger partial charge on any atom is -0.456 e. The first-order valence-electron chi connectivity index (χ1n) is 8.21. The monoisotopic (exact) mass is 386 g/mol. The maximum atomic E-state index is 11.1. The number of carbonyl (C=O) groups excluding carboxylic acids is 1. The van der Waals surface area contributed by atoms with Crippen LogP contribution in [0.15, 0.2) is 60.0 Å². The number of halogens is 1. The molecule has 0 aliphatic heterocycles. The number of nitrogens with two attached hydrogens (primary N) is 1. The predicted molar refractivity (Wildman–Crippen MR) is 108 cm³/mol. The zero-order valence-corrected chi connectivity index (χ0v) is 15.9. The first-order chi connectivity index (χ1) is 12.6. The van der Waals surface area contributed by atoms with Gasteiger partial charge in [0.15, 0.2) is 0 Å². The third kappa shape index (κ3) is 4.36. The van der Waals surface area contributed by atoms with Gasteiger partial charge in [-0.25, -0.2) is 0 Å². The summed E-state index contributed by atoms with van der Waals surface area (Å²) in [6.07, 6.45) is 0. The first-order valence-corrected chi connectivity index (χ1v) is 9.47. The van der Waals surface area contributed by atoms with E-state index < -0.39 is 5.91 Å². The van der Waals surface area contributed by atoms with Crippen LogP contribution in [0.3, 0.4) is 0 Å². The number of anilines is 1. The molecule has 1 amide bonds. The zero-order valence-electron chi connectivity index (χ0n) is 14.3. The highest BCUT2D eigenvalue weighted by atomic mass is 35.5. The van der Waals surface area contributed by atoms with Crippen molar-refractivity contribution in [3.8, 4) is 11.5 Å². The fourth-order valence-corrected chi connectivity index (χ4v) is 3.59. The van der Waals surface area contributed by atoms with Gasteiger partial charge in [0.2, 0.25) is 5.91 Å². The Bertz CT molecular complexity index is 879. The number of ether oxygens (including phenoxy) is 1. The molecule has 26 heavy (non-hydrogen) atoms. The van der Waals surface area contributed by atoms with Crippen LogP contribution < -0.4 is 15.4 Å². The van der Waals surface area contributed by atoms with E-state index in [4.69, 9.17) is 22.1 Å². The van der Waals surface area contributed by atoms with Crippen molar-refractivity contribution in [1.29, 1.82) is 0 Å². The van der Waals surface area contributed by atoms with Gasteiger partial charge in [-0.1, -0.05) is 17.7 Å². The van der Waals surface area contributed by atoms with Gasteiger partial charge >= 0.3 is 0 Å². The molecule has 3 rings (SSSR count). The second-order valence-electron chi connectivity index (χ2n) is 5.72. The number of carbonyl (C=O) groups is 1. The fraction of sp³-hybridized carbons (Fsp3) is 0.150. The van der Waals surface area contributed by atoms with E-state index in [-0.39, 0.29) is 0 Å². The van der Waals surface area contributed by atoms with Crippen LogP contribution in [0.5, 0.6) is 11.5 Å². The van der Waals surface area contributed by atoms with Crippen molar-refractivity contribution in [2.24, 2.45) is 5.73 Å². The highest BCUT2D eigenvalue weighted by Gasteiger charge is 2.10. The minimum absolute atomic E-state index is 0.437. The van der Waals surface area contributed by atoms with Crippen molar-refractivity contribution in [1.82, 2.24) is 0 Å². The van der Waals surface area contributed by atoms with E-state index in [2.05, 4.69) is 29.3 Å². The average molecular weight is 387 g/mol. The van der Waals surface area contributed by atoms with E-state index in [9.17, 15) is 4.79 Å². The molecule has 134 valence electrons. The number of benzene rings is 2. The SMILES string of the molecule is CCN(Cc1ccc(Oc2ccc(C(N)=O)cc2)c(Cl)c1)c1cccs1. The highest BCUT2D eigenvalue weighted by Crippen LogP contribution is 2.31. The molecule has 0 saturated heterocycles. The standard InChI is InChI=1S/C20H19ClN2O2S/c1-2-23(19-4-3-11-26-19)13-14-5-10-18(17(21)12-14)25-16-8-6-15(7-9-16)20(22)24/h3-12H,2,13H2,1H3,(H2,22,24). The van der Waals surface area contributed by atoms with Crippen molar-refractivity contribution in [3.05, 3.63) is 76.1 Å². The van der Waals surface area contributed by atoms with Crippen molar-refractivity contribution in [3.63, 3.8) is 0 Å². The Labute approximate surface area is 161 Å². The lowest BCUT2D eigenvalue weighted by atomic mass is 10.2. The lowest BCUT2D eigenvalue weighted by molar-refractivity contribution is 0.100. The number of nitrogens with zero attached hydrogens (tertiary/aromatic N) is 1. The Balaban J connectivity index is 1.72. The average Bonchev–Trinajstić information content (AvgIpc) is 3.17. The molecule has 1 aromatic heterocycles. The Kier molecular flexibility index (Phi) is 5.81. The molecule has 1 heterocycles. The van der Waals surface area contributed by atoms with Crippen LogP contribution in [0.4, 0.5) is 5.00 Å². The van der Waals surface area contributed by atoms with Crippen LogP contribution in [-0.4, -0.2) is 12.5 Å². The minimum atomic E-state index is -0.467. The molecule has 0 atom stereocenters. The second kappa shape index (κ2) is 8.25. The number of amides is 1. The third-order valence-corrected chi connectivity index (χ3v) is 5.16. The van der Waals surface area contributed by atoms with Gasteiger partial charge < -0.3 is 15.4 Å². The summed E-state index contributed by atoms with van der Waals surface area (Å²) in [6, 6.07) is 16.6. The van der Waals surface area contributed by atoms with Gasteiger partial charge in [0.1, 0.15) is 11.5 Å². The van der Waals surface area contributed by atoms with E-state index >= 15 is 0 Å². The molecule has 0 saturated carbocycles. The smallest absolute Gasteiger partial charge is 0.248 e. The molecule has 0 aliphatic carbocycles. The van der Waals surface area contributed by atoms with Gasteiger partial charge in [-0.05, 0) is 66.4 Å². The highest BCUT2D eigenvalue weighted by molar-refractivity contribution is 7.14. The molecule has 0 aliphatic rings. The lowest BCUT2D eigenvalue weighted by Gasteiger charge is -2.21. The molecule has 0 spiro atoms. The maximum Gasteiger partial charge on any atom is 0.248 e. The predicted octanol–water partition coefficient (Wildman–Crippen LogP) is 5.32. The Morgan fingerprint density at radius 2 is 1.96 bits per heavy atom. The van der Waals surface area contributed by atoms with Gasteiger partial charge in [0.05, 0.1) is 10.0 Å². The molecule has 2 N–H and O–H groups in total. The molecule has 3 aromatic rings. The zero-order chi connectivity index (χ0) is 18.5. The van der Waals surface area contributed by atoms with E-state index in [1.54, 1.807) is 35.6 Å². The van der Waals surface area contributed by atoms with Crippen LogP contribution in [0.2, 0.25) is 5.02 Å². The quantitative estimate of drug-likeness (QED) is 0.597. The van der Waals surface area contributed by atoms with Crippen molar-refractivity contribution >= 4 is 33.8 Å². The third-order valence-electron chi connectivity index (χ3n) is 3.94. The maximum absolute atomic E-state index is 11.1. The van der Waals surface area contributed by atoms with Gasteiger partial charge in [-0.2, -0.15) is 0 Å². The summed E-state index contributed by atoms with van der Waals surface area (Å²) in [6.45, 7) is 3.83. The Morgan fingerprint density at radius 1 is 1.19 bits per heavy atom. The van der Waals surface area contributed by atoms with E-state index in [1.165, 1.54) is 5.00 Å². The number of primary amides is 1. The molecular weight excluding hydrogens is 368 g/mol. The summed E-state index contributed by atoms with van der Waals surface area (Å²) in [5, 5.41) is 3.85. The van der Waals surface area contributed by atoms with E-state index in [1.807, 2.05) is 18.2 Å². The fourth-order valence-electron chi connectivity index (χ4n) is 2.56. The topological polar surface area (TPSA) is 55.6 Å². The van der Waals surface area contributed by atoms with Crippen LogP contribution in [-0.2, 0) is 6.54 Å². The van der Waals surface area contributed by atoms with Gasteiger partial charge in [-0.15, -0.1) is 11.3 Å². The Hall–Kier alpha value is -2.50. The van der Waals surface area contributed by atoms with E-state index in [0.717, 1.165) is 18.7 Å². The molecule has 4 nitrogen and oxygen atoms in total. The normalized spacial score (nSPS) is 10.5. The number of thiophene rings is 1. The molecular formula is C20H19ClN2O2S. The first kappa shape index (κ1) is 18.3. The van der Waals surface area contributed by atoms with Gasteiger partial charge in [-0.3, -0.25) is 4.79 Å². The molecule has 0 fully saturated rings. The summed E-state index contributed by atoms with van der Waals surface area (Å²) < 4.78 is 5.81. The van der Waals surface area contributed by atoms with Gasteiger partial charge in [0, 0.05) is 18.7 Å². The number of hydrogen-bond acceptors (Lipinski definition) is 4. The van der Waals surface area contributed by atoms with Crippen molar-refractivity contribution < 1.29 is 9.53 Å².